The quantitative estimate of drug-likeness (QED) is 0.914. The number of carbonyl (C=O) groups excluding carboxylic acids is 1. The van der Waals surface area contributed by atoms with Crippen LogP contribution < -0.4 is 11.1 Å². The summed E-state index contributed by atoms with van der Waals surface area (Å²) in [6.45, 7) is 1.93. The number of rotatable bonds is 3. The van der Waals surface area contributed by atoms with Gasteiger partial charge in [0, 0.05) is 4.47 Å². The van der Waals surface area contributed by atoms with Crippen LogP contribution in [0.3, 0.4) is 0 Å². The minimum absolute atomic E-state index is 0.0932. The molecular formula is C14H14BrN3O. The van der Waals surface area contributed by atoms with Crippen LogP contribution in [0.4, 0.5) is 5.69 Å². The number of halogens is 1. The lowest BCUT2D eigenvalue weighted by atomic mass is 10.1. The van der Waals surface area contributed by atoms with Gasteiger partial charge in [-0.25, -0.2) is 4.98 Å². The lowest BCUT2D eigenvalue weighted by Gasteiger charge is -2.14. The van der Waals surface area contributed by atoms with E-state index in [-0.39, 0.29) is 11.9 Å². The van der Waals surface area contributed by atoms with Crippen LogP contribution in [-0.2, 0) is 0 Å². The van der Waals surface area contributed by atoms with E-state index < -0.39 is 0 Å². The van der Waals surface area contributed by atoms with Crippen molar-refractivity contribution in [2.24, 2.45) is 0 Å². The van der Waals surface area contributed by atoms with Crippen molar-refractivity contribution in [3.05, 3.63) is 58.3 Å². The first-order valence-electron chi connectivity index (χ1n) is 5.84. The highest BCUT2D eigenvalue weighted by molar-refractivity contribution is 9.10. The molecule has 0 radical (unpaired) electrons. The summed E-state index contributed by atoms with van der Waals surface area (Å²) in [7, 11) is 0. The largest absolute Gasteiger partial charge is 0.397 e. The summed E-state index contributed by atoms with van der Waals surface area (Å²) in [5.41, 5.74) is 7.46. The third-order valence-corrected chi connectivity index (χ3v) is 3.21. The van der Waals surface area contributed by atoms with Gasteiger partial charge in [-0.2, -0.15) is 0 Å². The van der Waals surface area contributed by atoms with Crippen molar-refractivity contribution in [1.29, 1.82) is 0 Å². The molecule has 0 spiro atoms. The molecule has 0 aliphatic rings. The van der Waals surface area contributed by atoms with E-state index in [1.54, 1.807) is 12.1 Å². The topological polar surface area (TPSA) is 68.0 Å². The molecule has 98 valence electrons. The van der Waals surface area contributed by atoms with Gasteiger partial charge >= 0.3 is 0 Å². The van der Waals surface area contributed by atoms with Gasteiger partial charge in [0.2, 0.25) is 0 Å². The Balaban J connectivity index is 2.08. The van der Waals surface area contributed by atoms with Crippen LogP contribution in [0.1, 0.15) is 29.0 Å². The summed E-state index contributed by atoms with van der Waals surface area (Å²) < 4.78 is 0.983. The molecule has 19 heavy (non-hydrogen) atoms. The molecule has 3 N–H and O–H groups in total. The molecule has 4 nitrogen and oxygen atoms in total. The Morgan fingerprint density at radius 3 is 2.79 bits per heavy atom. The molecule has 0 saturated carbocycles. The van der Waals surface area contributed by atoms with Gasteiger partial charge in [0.1, 0.15) is 5.69 Å². The number of hydrogen-bond donors (Lipinski definition) is 2. The van der Waals surface area contributed by atoms with Crippen molar-refractivity contribution in [2.75, 3.05) is 5.73 Å². The monoisotopic (exact) mass is 319 g/mol. The van der Waals surface area contributed by atoms with Gasteiger partial charge in [0.15, 0.2) is 0 Å². The maximum Gasteiger partial charge on any atom is 0.270 e. The molecule has 2 aromatic rings. The van der Waals surface area contributed by atoms with Crippen molar-refractivity contribution < 1.29 is 4.79 Å². The van der Waals surface area contributed by atoms with E-state index in [1.807, 2.05) is 31.2 Å². The van der Waals surface area contributed by atoms with Crippen LogP contribution in [0.25, 0.3) is 0 Å². The molecule has 1 aromatic carbocycles. The van der Waals surface area contributed by atoms with Crippen LogP contribution in [0.15, 0.2) is 47.1 Å². The number of anilines is 1. The second-order valence-electron chi connectivity index (χ2n) is 4.23. The van der Waals surface area contributed by atoms with Gasteiger partial charge in [0.05, 0.1) is 17.9 Å². The molecule has 5 heteroatoms. The number of hydrogen-bond acceptors (Lipinski definition) is 3. The van der Waals surface area contributed by atoms with Gasteiger partial charge in [-0.05, 0) is 36.8 Å². The fraction of sp³-hybridized carbons (Fsp3) is 0.143. The van der Waals surface area contributed by atoms with Gasteiger partial charge < -0.3 is 11.1 Å². The van der Waals surface area contributed by atoms with Crippen LogP contribution in [0.2, 0.25) is 0 Å². The highest BCUT2D eigenvalue weighted by Crippen LogP contribution is 2.18. The van der Waals surface area contributed by atoms with Crippen LogP contribution in [0, 0.1) is 0 Å². The number of pyridine rings is 1. The molecule has 1 heterocycles. The number of nitrogens with zero attached hydrogens (tertiary/aromatic N) is 1. The van der Waals surface area contributed by atoms with E-state index in [4.69, 9.17) is 5.73 Å². The number of nitrogen functional groups attached to an aromatic ring is 1. The Morgan fingerprint density at radius 1 is 1.37 bits per heavy atom. The van der Waals surface area contributed by atoms with Crippen molar-refractivity contribution in [2.45, 2.75) is 13.0 Å². The average Bonchev–Trinajstić information content (AvgIpc) is 2.39. The molecule has 1 aromatic heterocycles. The summed E-state index contributed by atoms with van der Waals surface area (Å²) in [5, 5.41) is 2.90. The zero-order valence-electron chi connectivity index (χ0n) is 10.4. The first-order chi connectivity index (χ1) is 9.06. The van der Waals surface area contributed by atoms with E-state index in [2.05, 4.69) is 26.2 Å². The minimum atomic E-state index is -0.215. The summed E-state index contributed by atoms with van der Waals surface area (Å²) in [5.74, 6) is -0.215. The molecule has 0 bridgehead atoms. The molecule has 1 amide bonds. The zero-order valence-corrected chi connectivity index (χ0v) is 12.0. The molecule has 0 aliphatic carbocycles. The molecular weight excluding hydrogens is 306 g/mol. The molecule has 0 unspecified atom stereocenters. The normalized spacial score (nSPS) is 11.9. The van der Waals surface area contributed by atoms with E-state index in [0.717, 1.165) is 10.0 Å². The van der Waals surface area contributed by atoms with E-state index >= 15 is 0 Å². The van der Waals surface area contributed by atoms with E-state index in [9.17, 15) is 4.79 Å². The fourth-order valence-electron chi connectivity index (χ4n) is 1.67. The Bertz CT molecular complexity index is 583. The maximum atomic E-state index is 12.0. The highest BCUT2D eigenvalue weighted by atomic mass is 79.9. The first kappa shape index (κ1) is 13.5. The van der Waals surface area contributed by atoms with Crippen molar-refractivity contribution >= 4 is 27.5 Å². The van der Waals surface area contributed by atoms with Gasteiger partial charge in [0.25, 0.3) is 5.91 Å². The lowest BCUT2D eigenvalue weighted by Crippen LogP contribution is -2.27. The predicted octanol–water partition coefficient (Wildman–Crippen LogP) is 2.92. The summed E-state index contributed by atoms with van der Waals surface area (Å²) in [4.78, 5) is 16.0. The minimum Gasteiger partial charge on any atom is -0.397 e. The number of aromatic nitrogens is 1. The van der Waals surface area contributed by atoms with Crippen LogP contribution in [0.5, 0.6) is 0 Å². The Morgan fingerprint density at radius 2 is 2.16 bits per heavy atom. The summed E-state index contributed by atoms with van der Waals surface area (Å²) >= 11 is 3.41. The third kappa shape index (κ3) is 3.54. The second-order valence-corrected chi connectivity index (χ2v) is 5.14. The van der Waals surface area contributed by atoms with Gasteiger partial charge in [-0.1, -0.05) is 28.1 Å². The summed E-state index contributed by atoms with van der Waals surface area (Å²) in [6, 6.07) is 11.0. The van der Waals surface area contributed by atoms with Crippen molar-refractivity contribution in [1.82, 2.24) is 10.3 Å². The van der Waals surface area contributed by atoms with Gasteiger partial charge in [-0.3, -0.25) is 4.79 Å². The van der Waals surface area contributed by atoms with E-state index in [1.165, 1.54) is 6.20 Å². The molecule has 1 atom stereocenters. The Labute approximate surface area is 120 Å². The highest BCUT2D eigenvalue weighted by Gasteiger charge is 2.12. The zero-order chi connectivity index (χ0) is 13.8. The Kier molecular flexibility index (Phi) is 4.16. The standard InChI is InChI=1S/C14H14BrN3O/c1-9(10-3-2-4-11(15)7-10)18-14(19)13-6-5-12(16)8-17-13/h2-9H,16H2,1H3,(H,18,19)/t9-/m1/s1. The average molecular weight is 320 g/mol. The molecule has 0 fully saturated rings. The number of nitrogens with one attached hydrogen (secondary N) is 1. The fourth-order valence-corrected chi connectivity index (χ4v) is 2.09. The number of carbonyl (C=O) groups is 1. The van der Waals surface area contributed by atoms with E-state index in [0.29, 0.717) is 11.4 Å². The molecule has 0 saturated heterocycles. The first-order valence-corrected chi connectivity index (χ1v) is 6.63. The lowest BCUT2D eigenvalue weighted by molar-refractivity contribution is 0.0935. The summed E-state index contributed by atoms with van der Waals surface area (Å²) in [6.07, 6.45) is 1.47. The Hall–Kier alpha value is -1.88. The number of nitrogens with two attached hydrogens (primary N) is 1. The predicted molar refractivity (Wildman–Crippen MR) is 78.7 cm³/mol. The molecule has 0 aliphatic heterocycles. The van der Waals surface area contributed by atoms with Crippen LogP contribution >= 0.6 is 15.9 Å². The number of amides is 1. The van der Waals surface area contributed by atoms with Gasteiger partial charge in [-0.15, -0.1) is 0 Å². The number of benzene rings is 1. The van der Waals surface area contributed by atoms with Crippen molar-refractivity contribution in [3.8, 4) is 0 Å². The smallest absolute Gasteiger partial charge is 0.270 e. The van der Waals surface area contributed by atoms with Crippen LogP contribution in [-0.4, -0.2) is 10.9 Å². The maximum absolute atomic E-state index is 12.0. The second kappa shape index (κ2) is 5.84. The van der Waals surface area contributed by atoms with Crippen molar-refractivity contribution in [3.63, 3.8) is 0 Å². The molecule has 2 rings (SSSR count). The third-order valence-electron chi connectivity index (χ3n) is 2.72. The SMILES string of the molecule is C[C@@H](NC(=O)c1ccc(N)cn1)c1cccc(Br)c1.